The van der Waals surface area contributed by atoms with Gasteiger partial charge in [-0.25, -0.2) is 14.8 Å². The number of primary amides is 1. The molecule has 3 N–H and O–H groups in total. The van der Waals surface area contributed by atoms with E-state index in [4.69, 9.17) is 24.6 Å². The zero-order chi connectivity index (χ0) is 36.0. The normalized spacial score (nSPS) is 14.3. The van der Waals surface area contributed by atoms with Crippen molar-refractivity contribution in [1.29, 1.82) is 0 Å². The number of imidazole rings is 1. The second-order valence-corrected chi connectivity index (χ2v) is 12.8. The molecule has 0 bridgehead atoms. The van der Waals surface area contributed by atoms with Gasteiger partial charge in [-0.2, -0.15) is 0 Å². The van der Waals surface area contributed by atoms with Crippen molar-refractivity contribution in [2.75, 3.05) is 32.1 Å². The van der Waals surface area contributed by atoms with Crippen LogP contribution in [0, 0.1) is 6.92 Å². The van der Waals surface area contributed by atoms with Gasteiger partial charge >= 0.3 is 6.09 Å². The average molecular weight is 674 g/mol. The van der Waals surface area contributed by atoms with Gasteiger partial charge in [0.25, 0.3) is 5.91 Å². The molecule has 1 aliphatic rings. The Bertz CT molecular complexity index is 1820. The number of nitrogens with zero attached hydrogens (tertiary/aromatic N) is 5. The number of ether oxygens (including phenoxy) is 2. The van der Waals surface area contributed by atoms with E-state index in [1.165, 1.54) is 4.90 Å². The van der Waals surface area contributed by atoms with E-state index in [1.807, 2.05) is 52.8 Å². The van der Waals surface area contributed by atoms with E-state index in [-0.39, 0.29) is 23.9 Å². The van der Waals surface area contributed by atoms with E-state index in [0.717, 1.165) is 17.0 Å². The summed E-state index contributed by atoms with van der Waals surface area (Å²) in [5.41, 5.74) is 9.75. The summed E-state index contributed by atoms with van der Waals surface area (Å²) in [6, 6.07) is 3.12. The van der Waals surface area contributed by atoms with Crippen LogP contribution in [0.4, 0.5) is 10.7 Å². The maximum Gasteiger partial charge on any atom is 0.410 e. The number of nitrogens with one attached hydrogen (secondary N) is 1. The van der Waals surface area contributed by atoms with E-state index in [0.29, 0.717) is 67.3 Å². The van der Waals surface area contributed by atoms with Gasteiger partial charge in [0.2, 0.25) is 17.6 Å². The Hall–Kier alpha value is -5.33. The highest BCUT2D eigenvalue weighted by Crippen LogP contribution is 2.34. The number of aryl methyl sites for hydroxylation is 2. The first-order valence-corrected chi connectivity index (χ1v) is 16.3. The van der Waals surface area contributed by atoms with Crippen molar-refractivity contribution in [3.63, 3.8) is 0 Å². The van der Waals surface area contributed by atoms with Crippen molar-refractivity contribution < 1.29 is 28.3 Å². The summed E-state index contributed by atoms with van der Waals surface area (Å²) in [5.74, 6) is -0.130. The van der Waals surface area contributed by atoms with Crippen LogP contribution < -0.4 is 15.8 Å². The number of hydrogen-bond acceptors (Lipinski definition) is 9. The van der Waals surface area contributed by atoms with Crippen LogP contribution in [0.1, 0.15) is 80.0 Å². The minimum Gasteiger partial charge on any atom is -0.491 e. The van der Waals surface area contributed by atoms with E-state index in [1.54, 1.807) is 30.7 Å². The van der Waals surface area contributed by atoms with Crippen molar-refractivity contribution >= 4 is 34.9 Å². The van der Waals surface area contributed by atoms with Gasteiger partial charge in [0.05, 0.1) is 17.8 Å². The number of rotatable bonds is 13. The second kappa shape index (κ2) is 15.3. The Labute approximate surface area is 287 Å². The Morgan fingerprint density at radius 3 is 2.53 bits per heavy atom. The molecule has 1 fully saturated rings. The number of aromatic nitrogens is 3. The molecule has 0 aliphatic carbocycles. The maximum atomic E-state index is 13.5. The third-order valence-electron chi connectivity index (χ3n) is 7.73. The molecule has 1 saturated heterocycles. The predicted molar refractivity (Wildman–Crippen MR) is 188 cm³/mol. The molecule has 0 atom stereocenters. The summed E-state index contributed by atoms with van der Waals surface area (Å²) in [7, 11) is 1.66. The zero-order valence-corrected chi connectivity index (χ0v) is 29.5. The van der Waals surface area contributed by atoms with Crippen LogP contribution in [0.15, 0.2) is 64.9 Å². The second-order valence-electron chi connectivity index (χ2n) is 12.8. The average Bonchev–Trinajstić information content (AvgIpc) is 3.67. The Kier molecular flexibility index (Phi) is 11.4. The summed E-state index contributed by atoms with van der Waals surface area (Å²) in [6.07, 6.45) is 7.23. The molecule has 0 unspecified atom stereocenters. The van der Waals surface area contributed by atoms with Gasteiger partial charge < -0.3 is 34.0 Å². The van der Waals surface area contributed by atoms with Crippen molar-refractivity contribution in [1.82, 2.24) is 24.3 Å². The van der Waals surface area contributed by atoms with Crippen LogP contribution >= 0.6 is 0 Å². The van der Waals surface area contributed by atoms with Gasteiger partial charge in [-0.3, -0.25) is 14.9 Å². The minimum absolute atomic E-state index is 0.101. The predicted octanol–water partition coefficient (Wildman–Crippen LogP) is 6.12. The number of likely N-dealkylation sites (tertiary alicyclic amines) is 1. The molecule has 13 nitrogen and oxygen atoms in total. The largest absolute Gasteiger partial charge is 0.491 e. The highest BCUT2D eigenvalue weighted by molar-refractivity contribution is 6.04. The lowest BCUT2D eigenvalue weighted by Crippen LogP contribution is -2.35. The van der Waals surface area contributed by atoms with Crippen molar-refractivity contribution in [3.8, 4) is 5.75 Å². The Balaban J connectivity index is 1.66. The summed E-state index contributed by atoms with van der Waals surface area (Å²) in [6.45, 7) is 20.7. The monoisotopic (exact) mass is 673 g/mol. The fourth-order valence-electron chi connectivity index (χ4n) is 5.46. The van der Waals surface area contributed by atoms with Gasteiger partial charge in [0.1, 0.15) is 16.9 Å². The van der Waals surface area contributed by atoms with Crippen LogP contribution in [0.2, 0.25) is 0 Å². The van der Waals surface area contributed by atoms with Crippen molar-refractivity contribution in [2.24, 2.45) is 5.73 Å². The first-order valence-electron chi connectivity index (χ1n) is 16.3. The van der Waals surface area contributed by atoms with Crippen molar-refractivity contribution in [3.05, 3.63) is 83.4 Å². The Morgan fingerprint density at radius 1 is 1.16 bits per heavy atom. The molecule has 3 heterocycles. The summed E-state index contributed by atoms with van der Waals surface area (Å²) < 4.78 is 19.1. The number of nitrogens with two attached hydrogens (primary N) is 1. The first-order chi connectivity index (χ1) is 23.1. The number of anilines is 1. The maximum absolute atomic E-state index is 13.5. The van der Waals surface area contributed by atoms with E-state index >= 15 is 0 Å². The highest BCUT2D eigenvalue weighted by atomic mass is 16.6. The number of amides is 3. The first kappa shape index (κ1) is 36.5. The van der Waals surface area contributed by atoms with Crippen LogP contribution in [-0.4, -0.2) is 74.6 Å². The molecule has 3 amide bonds. The number of benzene rings is 1. The van der Waals surface area contributed by atoms with E-state index in [2.05, 4.69) is 28.4 Å². The van der Waals surface area contributed by atoms with Crippen LogP contribution in [0.5, 0.6) is 5.75 Å². The topological polar surface area (TPSA) is 158 Å². The number of allylic oxidation sites excluding steroid dienone is 4. The lowest BCUT2D eigenvalue weighted by molar-refractivity contribution is 0.0292. The fourth-order valence-corrected chi connectivity index (χ4v) is 5.46. The number of carbonyl (C=O) groups excluding carboxylic acids is 3. The summed E-state index contributed by atoms with van der Waals surface area (Å²) in [4.78, 5) is 50.8. The fraction of sp³-hybridized carbons (Fsp3) is 0.417. The van der Waals surface area contributed by atoms with Crippen molar-refractivity contribution in [2.45, 2.75) is 73.0 Å². The summed E-state index contributed by atoms with van der Waals surface area (Å²) >= 11 is 0. The lowest BCUT2D eigenvalue weighted by Gasteiger charge is -2.24. The minimum atomic E-state index is -0.659. The molecule has 4 rings (SSSR count). The number of fused-ring (bicyclic) bond motifs is 1. The number of carbonyl (C=O) groups is 3. The number of hydrogen-bond donors (Lipinski definition) is 2. The molecule has 0 radical (unpaired) electrons. The molecular formula is C36H47N7O6. The quantitative estimate of drug-likeness (QED) is 0.161. The molecule has 0 saturated carbocycles. The molecule has 0 spiro atoms. The van der Waals surface area contributed by atoms with Crippen LogP contribution in [0.25, 0.3) is 11.0 Å². The molecule has 262 valence electrons. The van der Waals surface area contributed by atoms with E-state index in [9.17, 15) is 14.4 Å². The molecule has 1 aromatic carbocycles. The standard InChI is InChI=1S/C36H47N7O6/c1-10-26-31(48-24(5)38-26)33(45)40-34-39-27-20-25(32(37)44)21-29(47-18-14-15-41(9)35(46)49-36(6,7)8)30(27)43(34)17-13-12-16-42-23(4)19-22(3)28(42)11-2/h11-13,20-21H,3-4,10,14-19H2,1-2,5-9H3,(H2,37,44)(H,39,40,45)/b13-12+,28-11+. The SMILES string of the molecule is C=C1CC(=C)N(C/C=C/Cn2c(NC(=O)c3oc(C)nc3CC)nc3cc(C(N)=O)cc(OCCCN(C)C(=O)OC(C)(C)C)c32)/C1=C/C. The van der Waals surface area contributed by atoms with E-state index < -0.39 is 23.5 Å². The molecular weight excluding hydrogens is 626 g/mol. The smallest absolute Gasteiger partial charge is 0.410 e. The Morgan fingerprint density at radius 2 is 1.88 bits per heavy atom. The van der Waals surface area contributed by atoms with Crippen LogP contribution in [0.3, 0.4) is 0 Å². The summed E-state index contributed by atoms with van der Waals surface area (Å²) in [5, 5.41) is 2.87. The van der Waals surface area contributed by atoms with Gasteiger partial charge in [-0.15, -0.1) is 0 Å². The molecule has 13 heteroatoms. The highest BCUT2D eigenvalue weighted by Gasteiger charge is 2.25. The van der Waals surface area contributed by atoms with Gasteiger partial charge in [-0.05, 0) is 58.2 Å². The van der Waals surface area contributed by atoms with Crippen LogP contribution in [-0.2, 0) is 17.7 Å². The molecule has 1 aliphatic heterocycles. The third kappa shape index (κ3) is 8.78. The zero-order valence-electron chi connectivity index (χ0n) is 29.5. The van der Waals surface area contributed by atoms with Gasteiger partial charge in [0, 0.05) is 57.0 Å². The molecule has 49 heavy (non-hydrogen) atoms. The van der Waals surface area contributed by atoms with Gasteiger partial charge in [0.15, 0.2) is 5.89 Å². The van der Waals surface area contributed by atoms with Gasteiger partial charge in [-0.1, -0.05) is 38.3 Å². The molecule has 3 aromatic rings. The molecule has 2 aromatic heterocycles. The lowest BCUT2D eigenvalue weighted by atomic mass is 10.1. The number of oxazole rings is 1. The third-order valence-corrected chi connectivity index (χ3v) is 7.73.